The average molecular weight is 461 g/mol. The van der Waals surface area contributed by atoms with Gasteiger partial charge in [-0.1, -0.05) is 39.8 Å². The summed E-state index contributed by atoms with van der Waals surface area (Å²) in [6.45, 7) is 9.02. The molecule has 2 aliphatic heterocycles. The highest BCUT2D eigenvalue weighted by Crippen LogP contribution is 2.40. The van der Waals surface area contributed by atoms with Crippen LogP contribution in [0.5, 0.6) is 11.5 Å². The fourth-order valence-electron chi connectivity index (χ4n) is 4.89. The minimum atomic E-state index is -0.134. The molecule has 4 aromatic rings. The molecule has 2 aromatic heterocycles. The number of rotatable bonds is 3. The molecule has 0 fully saturated rings. The Hall–Kier alpha value is -3.95. The Morgan fingerprint density at radius 2 is 1.82 bits per heavy atom. The molecular weight excluding hydrogens is 434 g/mol. The van der Waals surface area contributed by atoms with E-state index in [9.17, 15) is 4.79 Å². The van der Waals surface area contributed by atoms with Crippen molar-refractivity contribution >= 4 is 0 Å². The van der Waals surface area contributed by atoms with Crippen LogP contribution in [0.4, 0.5) is 0 Å². The molecule has 0 unspecified atom stereocenters. The Balaban J connectivity index is 1.61. The van der Waals surface area contributed by atoms with Crippen LogP contribution >= 0.6 is 0 Å². The number of benzene rings is 2. The Morgan fingerprint density at radius 3 is 2.59 bits per heavy atom. The van der Waals surface area contributed by atoms with Crippen molar-refractivity contribution in [1.29, 1.82) is 0 Å². The van der Waals surface area contributed by atoms with Gasteiger partial charge in [-0.2, -0.15) is 4.68 Å². The van der Waals surface area contributed by atoms with Gasteiger partial charge in [0.2, 0.25) is 0 Å². The van der Waals surface area contributed by atoms with E-state index in [4.69, 9.17) is 9.47 Å². The molecule has 0 atom stereocenters. The first-order chi connectivity index (χ1) is 16.4. The lowest BCUT2D eigenvalue weighted by Gasteiger charge is -2.22. The molecule has 10 nitrogen and oxygen atoms in total. The fourth-order valence-corrected chi connectivity index (χ4v) is 4.89. The number of ether oxygens (including phenoxy) is 2. The monoisotopic (exact) mass is 460 g/mol. The van der Waals surface area contributed by atoms with E-state index in [1.54, 1.807) is 21.0 Å². The second-order valence-electron chi connectivity index (χ2n) is 9.35. The van der Waals surface area contributed by atoms with Gasteiger partial charge in [-0.25, -0.2) is 4.79 Å². The molecular formula is C24H26N7O3+. The van der Waals surface area contributed by atoms with Crippen molar-refractivity contribution in [3.8, 4) is 34.3 Å². The third-order valence-corrected chi connectivity index (χ3v) is 6.58. The minimum absolute atomic E-state index is 0.134. The van der Waals surface area contributed by atoms with Gasteiger partial charge in [0.25, 0.3) is 0 Å². The molecule has 0 saturated carbocycles. The first-order valence-corrected chi connectivity index (χ1v) is 11.4. The van der Waals surface area contributed by atoms with Crippen molar-refractivity contribution < 1.29 is 14.2 Å². The van der Waals surface area contributed by atoms with Crippen LogP contribution in [0.15, 0.2) is 35.1 Å². The molecule has 0 N–H and O–H groups in total. The molecule has 34 heavy (non-hydrogen) atoms. The van der Waals surface area contributed by atoms with Crippen molar-refractivity contribution in [2.75, 3.05) is 0 Å². The second kappa shape index (κ2) is 7.28. The molecule has 4 heterocycles. The summed E-state index contributed by atoms with van der Waals surface area (Å²) < 4.78 is 19.2. The maximum atomic E-state index is 13.5. The van der Waals surface area contributed by atoms with Crippen LogP contribution in [-0.2, 0) is 20.4 Å². The summed E-state index contributed by atoms with van der Waals surface area (Å²) in [5.41, 5.74) is 4.37. The van der Waals surface area contributed by atoms with Gasteiger partial charge in [-0.3, -0.25) is 0 Å². The van der Waals surface area contributed by atoms with Gasteiger partial charge in [0, 0.05) is 17.2 Å². The van der Waals surface area contributed by atoms with Gasteiger partial charge < -0.3 is 9.47 Å². The van der Waals surface area contributed by atoms with E-state index in [-0.39, 0.29) is 30.9 Å². The van der Waals surface area contributed by atoms with E-state index in [2.05, 4.69) is 55.4 Å². The topological polar surface area (TPSA) is 92.9 Å². The van der Waals surface area contributed by atoms with E-state index in [0.717, 1.165) is 45.4 Å². The molecule has 0 aliphatic carbocycles. The molecule has 0 bridgehead atoms. The standard InChI is InChI=1S/C24H26N7O3/c1-13(2)16-7-6-8-19-22(16)33-11-20-30(19)24(32)28(5)31(20)15-9-17(14(3)4)21-18(10-15)23-25-26-27-29(23)12-34-21/h6-10,13-14H,11-12H2,1-5H3/q+1. The fraction of sp³-hybridized carbons (Fsp3) is 0.375. The Labute approximate surface area is 195 Å². The predicted molar refractivity (Wildman–Crippen MR) is 122 cm³/mol. The maximum Gasteiger partial charge on any atom is 0.452 e. The summed E-state index contributed by atoms with van der Waals surface area (Å²) in [5.74, 6) is 3.41. The Morgan fingerprint density at radius 1 is 1.03 bits per heavy atom. The lowest BCUT2D eigenvalue weighted by atomic mass is 9.97. The van der Waals surface area contributed by atoms with Gasteiger partial charge in [-0.15, -0.1) is 19.0 Å². The largest absolute Gasteiger partial charge is 0.476 e. The number of fused-ring (bicyclic) bond motifs is 6. The number of tetrazole rings is 1. The van der Waals surface area contributed by atoms with Crippen LogP contribution in [0.2, 0.25) is 0 Å². The van der Waals surface area contributed by atoms with Gasteiger partial charge in [0.05, 0.1) is 12.6 Å². The molecule has 0 saturated heterocycles. The summed E-state index contributed by atoms with van der Waals surface area (Å²) in [6.07, 6.45) is 0. The van der Waals surface area contributed by atoms with Crippen molar-refractivity contribution in [1.82, 2.24) is 29.5 Å². The van der Waals surface area contributed by atoms with Gasteiger partial charge in [0.15, 0.2) is 36.3 Å². The van der Waals surface area contributed by atoms with E-state index < -0.39 is 0 Å². The van der Waals surface area contributed by atoms with Crippen LogP contribution in [0.1, 0.15) is 56.5 Å². The Bertz CT molecular complexity index is 1510. The molecule has 2 aromatic carbocycles. The van der Waals surface area contributed by atoms with E-state index >= 15 is 0 Å². The molecule has 2 aliphatic rings. The van der Waals surface area contributed by atoms with Crippen LogP contribution in [-0.4, -0.2) is 29.5 Å². The van der Waals surface area contributed by atoms with Gasteiger partial charge in [-0.05, 0) is 34.4 Å². The third kappa shape index (κ3) is 2.77. The summed E-state index contributed by atoms with van der Waals surface area (Å²) in [5, 5.41) is 12.1. The van der Waals surface area contributed by atoms with Crippen molar-refractivity contribution in [2.24, 2.45) is 7.05 Å². The number of para-hydroxylation sites is 1. The van der Waals surface area contributed by atoms with Gasteiger partial charge in [0.1, 0.15) is 5.75 Å². The highest BCUT2D eigenvalue weighted by atomic mass is 16.5. The van der Waals surface area contributed by atoms with E-state index in [1.165, 1.54) is 0 Å². The first-order valence-electron chi connectivity index (χ1n) is 11.4. The normalized spacial score (nSPS) is 13.7. The summed E-state index contributed by atoms with van der Waals surface area (Å²) >= 11 is 0. The smallest absolute Gasteiger partial charge is 0.452 e. The molecule has 0 radical (unpaired) electrons. The zero-order valence-corrected chi connectivity index (χ0v) is 19.8. The van der Waals surface area contributed by atoms with Gasteiger partial charge >= 0.3 is 11.5 Å². The third-order valence-electron chi connectivity index (χ3n) is 6.58. The van der Waals surface area contributed by atoms with Crippen molar-refractivity contribution in [3.63, 3.8) is 0 Å². The van der Waals surface area contributed by atoms with Crippen LogP contribution in [0, 0.1) is 0 Å². The number of nitrogens with zero attached hydrogens (tertiary/aromatic N) is 7. The predicted octanol–water partition coefficient (Wildman–Crippen LogP) is 2.60. The zero-order valence-electron chi connectivity index (χ0n) is 19.8. The highest BCUT2D eigenvalue weighted by Gasteiger charge is 2.37. The maximum absolute atomic E-state index is 13.5. The van der Waals surface area contributed by atoms with E-state index in [0.29, 0.717) is 5.82 Å². The molecule has 174 valence electrons. The molecule has 10 heteroatoms. The van der Waals surface area contributed by atoms with Crippen LogP contribution < -0.4 is 19.8 Å². The lowest BCUT2D eigenvalue weighted by Crippen LogP contribution is -2.46. The quantitative estimate of drug-likeness (QED) is 0.437. The summed E-state index contributed by atoms with van der Waals surface area (Å²) in [7, 11) is 1.77. The summed E-state index contributed by atoms with van der Waals surface area (Å²) in [4.78, 5) is 13.5. The van der Waals surface area contributed by atoms with Crippen molar-refractivity contribution in [3.05, 3.63) is 57.8 Å². The van der Waals surface area contributed by atoms with Crippen LogP contribution in [0.25, 0.3) is 22.8 Å². The lowest BCUT2D eigenvalue weighted by molar-refractivity contribution is -0.694. The molecule has 0 amide bonds. The number of hydrogen-bond donors (Lipinski definition) is 0. The minimum Gasteiger partial charge on any atom is -0.476 e. The zero-order chi connectivity index (χ0) is 23.7. The van der Waals surface area contributed by atoms with Crippen molar-refractivity contribution in [2.45, 2.75) is 52.9 Å². The molecule has 6 rings (SSSR count). The second-order valence-corrected chi connectivity index (χ2v) is 9.35. The molecule has 0 spiro atoms. The number of aromatic nitrogens is 7. The number of hydrogen-bond acceptors (Lipinski definition) is 6. The highest BCUT2D eigenvalue weighted by molar-refractivity contribution is 5.70. The van der Waals surface area contributed by atoms with E-state index in [1.807, 2.05) is 22.9 Å². The van der Waals surface area contributed by atoms with Crippen LogP contribution in [0.3, 0.4) is 0 Å². The summed E-state index contributed by atoms with van der Waals surface area (Å²) in [6, 6.07) is 10.0. The first kappa shape index (κ1) is 20.6. The average Bonchev–Trinajstić information content (AvgIpc) is 3.41. The SMILES string of the molecule is CC(C)c1cc(-[n+]2c3n(c(=O)n2C)-c2cccc(C(C)C)c2OC3)cc2c1OCn1nnnc1-2. The Kier molecular flexibility index (Phi) is 4.42.